The second-order valence-corrected chi connectivity index (χ2v) is 6.08. The summed E-state index contributed by atoms with van der Waals surface area (Å²) in [6, 6.07) is 8.83. The van der Waals surface area contributed by atoms with E-state index in [9.17, 15) is 0 Å². The average molecular weight is 271 g/mol. The normalized spacial score (nSPS) is 23.3. The number of aromatic nitrogens is 2. The summed E-state index contributed by atoms with van der Waals surface area (Å²) in [5.41, 5.74) is 8.71. The number of para-hydroxylation sites is 2. The van der Waals surface area contributed by atoms with Gasteiger partial charge in [0.15, 0.2) is 0 Å². The molecule has 2 atom stereocenters. The predicted molar refractivity (Wildman–Crippen MR) is 83.7 cm³/mol. The Hall–Kier alpha value is -1.35. The highest BCUT2D eigenvalue weighted by Gasteiger charge is 2.24. The van der Waals surface area contributed by atoms with Crippen molar-refractivity contribution in [1.29, 1.82) is 0 Å². The molecule has 0 aliphatic heterocycles. The van der Waals surface area contributed by atoms with E-state index >= 15 is 0 Å². The number of fused-ring (bicyclic) bond motifs is 1. The van der Waals surface area contributed by atoms with Crippen molar-refractivity contribution in [3.8, 4) is 0 Å². The number of hydrogen-bond acceptors (Lipinski definition) is 2. The molecule has 0 amide bonds. The topological polar surface area (TPSA) is 43.8 Å². The van der Waals surface area contributed by atoms with Crippen LogP contribution in [0.25, 0.3) is 11.0 Å². The molecule has 0 radical (unpaired) electrons. The molecule has 0 bridgehead atoms. The molecule has 1 aliphatic carbocycles. The molecule has 2 N–H and O–H groups in total. The van der Waals surface area contributed by atoms with E-state index in [1.54, 1.807) is 0 Å². The van der Waals surface area contributed by atoms with Gasteiger partial charge in [-0.15, -0.1) is 0 Å². The van der Waals surface area contributed by atoms with Crippen molar-refractivity contribution in [3.05, 3.63) is 30.1 Å². The van der Waals surface area contributed by atoms with Crippen LogP contribution in [-0.4, -0.2) is 15.6 Å². The van der Waals surface area contributed by atoms with Gasteiger partial charge in [0.2, 0.25) is 0 Å². The summed E-state index contributed by atoms with van der Waals surface area (Å²) in [5, 5.41) is 0. The fourth-order valence-electron chi connectivity index (χ4n) is 3.48. The zero-order chi connectivity index (χ0) is 13.9. The maximum absolute atomic E-state index is 6.31. The van der Waals surface area contributed by atoms with E-state index in [0.717, 1.165) is 24.9 Å². The van der Waals surface area contributed by atoms with Crippen LogP contribution in [0.15, 0.2) is 24.3 Å². The van der Waals surface area contributed by atoms with Gasteiger partial charge in [0.1, 0.15) is 5.82 Å². The molecule has 1 fully saturated rings. The number of rotatable bonds is 4. The second-order valence-electron chi connectivity index (χ2n) is 6.08. The summed E-state index contributed by atoms with van der Waals surface area (Å²) in [6.45, 7) is 3.28. The molecule has 2 aromatic rings. The summed E-state index contributed by atoms with van der Waals surface area (Å²) < 4.78 is 2.40. The standard InChI is InChI=1S/C17H25N3/c1-2-11-20-16-10-6-5-9-15(16)19-17(20)12-13-7-3-4-8-14(13)18/h5-6,9-10,13-14H,2-4,7-8,11-12,18H2,1H3. The van der Waals surface area contributed by atoms with Gasteiger partial charge in [-0.1, -0.05) is 31.9 Å². The minimum Gasteiger partial charge on any atom is -0.328 e. The van der Waals surface area contributed by atoms with Crippen LogP contribution in [0, 0.1) is 5.92 Å². The number of imidazole rings is 1. The molecular weight excluding hydrogens is 246 g/mol. The van der Waals surface area contributed by atoms with Gasteiger partial charge < -0.3 is 10.3 Å². The van der Waals surface area contributed by atoms with Gasteiger partial charge >= 0.3 is 0 Å². The third kappa shape index (κ3) is 2.59. The minimum atomic E-state index is 0.360. The molecule has 20 heavy (non-hydrogen) atoms. The largest absolute Gasteiger partial charge is 0.328 e. The summed E-state index contributed by atoms with van der Waals surface area (Å²) in [6.07, 6.45) is 7.24. The number of hydrogen-bond donors (Lipinski definition) is 1. The van der Waals surface area contributed by atoms with Crippen molar-refractivity contribution < 1.29 is 0 Å². The number of benzene rings is 1. The van der Waals surface area contributed by atoms with E-state index in [-0.39, 0.29) is 0 Å². The maximum Gasteiger partial charge on any atom is 0.110 e. The zero-order valence-corrected chi connectivity index (χ0v) is 12.4. The Bertz CT molecular complexity index is 573. The lowest BCUT2D eigenvalue weighted by molar-refractivity contribution is 0.300. The first-order valence-corrected chi connectivity index (χ1v) is 7.99. The lowest BCUT2D eigenvalue weighted by Gasteiger charge is -2.28. The third-order valence-corrected chi connectivity index (χ3v) is 4.59. The molecule has 1 saturated carbocycles. The molecule has 1 aromatic heterocycles. The molecule has 1 aromatic carbocycles. The fraction of sp³-hybridized carbons (Fsp3) is 0.588. The van der Waals surface area contributed by atoms with Crippen molar-refractivity contribution in [1.82, 2.24) is 9.55 Å². The fourth-order valence-corrected chi connectivity index (χ4v) is 3.48. The highest BCUT2D eigenvalue weighted by molar-refractivity contribution is 5.75. The lowest BCUT2D eigenvalue weighted by Crippen LogP contribution is -2.34. The summed E-state index contributed by atoms with van der Waals surface area (Å²) in [4.78, 5) is 4.87. The molecule has 108 valence electrons. The van der Waals surface area contributed by atoms with Gasteiger partial charge in [-0.2, -0.15) is 0 Å². The predicted octanol–water partition coefficient (Wildman–Crippen LogP) is 3.51. The monoisotopic (exact) mass is 271 g/mol. The first kappa shape index (κ1) is 13.6. The van der Waals surface area contributed by atoms with Crippen LogP contribution in [0.2, 0.25) is 0 Å². The molecule has 1 heterocycles. The van der Waals surface area contributed by atoms with Gasteiger partial charge in [0, 0.05) is 19.0 Å². The lowest BCUT2D eigenvalue weighted by atomic mass is 9.83. The molecule has 3 rings (SSSR count). The Balaban J connectivity index is 1.91. The first-order valence-electron chi connectivity index (χ1n) is 7.99. The Labute approximate surface area is 121 Å². The highest BCUT2D eigenvalue weighted by atomic mass is 15.1. The minimum absolute atomic E-state index is 0.360. The van der Waals surface area contributed by atoms with E-state index in [0.29, 0.717) is 12.0 Å². The van der Waals surface area contributed by atoms with Crippen LogP contribution < -0.4 is 5.73 Å². The molecule has 0 saturated heterocycles. The average Bonchev–Trinajstić information content (AvgIpc) is 2.80. The van der Waals surface area contributed by atoms with Crippen LogP contribution in [-0.2, 0) is 13.0 Å². The number of aryl methyl sites for hydroxylation is 1. The Morgan fingerprint density at radius 2 is 2.05 bits per heavy atom. The molecule has 3 heteroatoms. The molecular formula is C17H25N3. The van der Waals surface area contributed by atoms with Crippen molar-refractivity contribution in [2.45, 2.75) is 58.0 Å². The van der Waals surface area contributed by atoms with Gasteiger partial charge in [0.05, 0.1) is 11.0 Å². The molecule has 0 spiro atoms. The Morgan fingerprint density at radius 1 is 1.25 bits per heavy atom. The summed E-state index contributed by atoms with van der Waals surface area (Å²) >= 11 is 0. The van der Waals surface area contributed by atoms with Gasteiger partial charge in [-0.25, -0.2) is 4.98 Å². The van der Waals surface area contributed by atoms with Crippen LogP contribution in [0.4, 0.5) is 0 Å². The quantitative estimate of drug-likeness (QED) is 0.925. The molecule has 3 nitrogen and oxygen atoms in total. The first-order chi connectivity index (χ1) is 9.79. The smallest absolute Gasteiger partial charge is 0.110 e. The van der Waals surface area contributed by atoms with E-state index in [4.69, 9.17) is 10.7 Å². The summed E-state index contributed by atoms with van der Waals surface area (Å²) in [5.74, 6) is 1.84. The van der Waals surface area contributed by atoms with Gasteiger partial charge in [0.25, 0.3) is 0 Å². The van der Waals surface area contributed by atoms with Crippen molar-refractivity contribution >= 4 is 11.0 Å². The SMILES string of the molecule is CCCn1c(CC2CCCCC2N)nc2ccccc21. The van der Waals surface area contributed by atoms with Crippen molar-refractivity contribution in [3.63, 3.8) is 0 Å². The van der Waals surface area contributed by atoms with Crippen LogP contribution in [0.1, 0.15) is 44.9 Å². The third-order valence-electron chi connectivity index (χ3n) is 4.59. The van der Waals surface area contributed by atoms with Crippen LogP contribution >= 0.6 is 0 Å². The van der Waals surface area contributed by atoms with Crippen molar-refractivity contribution in [2.75, 3.05) is 0 Å². The molecule has 1 aliphatic rings. The van der Waals surface area contributed by atoms with E-state index in [1.807, 2.05) is 0 Å². The van der Waals surface area contributed by atoms with Gasteiger partial charge in [-0.05, 0) is 37.3 Å². The Morgan fingerprint density at radius 3 is 2.85 bits per heavy atom. The van der Waals surface area contributed by atoms with Gasteiger partial charge in [-0.3, -0.25) is 0 Å². The zero-order valence-electron chi connectivity index (χ0n) is 12.4. The van der Waals surface area contributed by atoms with E-state index in [1.165, 1.54) is 37.0 Å². The number of nitrogens with two attached hydrogens (primary N) is 1. The van der Waals surface area contributed by atoms with Crippen LogP contribution in [0.5, 0.6) is 0 Å². The molecule has 2 unspecified atom stereocenters. The van der Waals surface area contributed by atoms with E-state index in [2.05, 4.69) is 35.8 Å². The summed E-state index contributed by atoms with van der Waals surface area (Å²) in [7, 11) is 0. The number of nitrogens with zero attached hydrogens (tertiary/aromatic N) is 2. The van der Waals surface area contributed by atoms with Crippen molar-refractivity contribution in [2.24, 2.45) is 11.7 Å². The maximum atomic E-state index is 6.31. The second kappa shape index (κ2) is 5.96. The Kier molecular flexibility index (Phi) is 4.06. The van der Waals surface area contributed by atoms with E-state index < -0.39 is 0 Å². The van der Waals surface area contributed by atoms with Crippen LogP contribution in [0.3, 0.4) is 0 Å². The highest BCUT2D eigenvalue weighted by Crippen LogP contribution is 2.27.